The number of nitrogens with one attached hydrogen (secondary N) is 1. The summed E-state index contributed by atoms with van der Waals surface area (Å²) >= 11 is 0. The molecule has 2 aliphatic heterocycles. The Labute approximate surface area is 126 Å². The van der Waals surface area contributed by atoms with Crippen LogP contribution in [-0.4, -0.2) is 35.1 Å². The quantitative estimate of drug-likeness (QED) is 0.929. The third-order valence-corrected chi connectivity index (χ3v) is 4.90. The van der Waals surface area contributed by atoms with Gasteiger partial charge in [0.05, 0.1) is 17.8 Å². The van der Waals surface area contributed by atoms with Gasteiger partial charge in [0.25, 0.3) is 0 Å². The minimum atomic E-state index is -0.0201. The van der Waals surface area contributed by atoms with E-state index < -0.39 is 0 Å². The fraction of sp³-hybridized carbons (Fsp3) is 0.750. The Bertz CT molecular complexity index is 499. The molecule has 0 aliphatic carbocycles. The van der Waals surface area contributed by atoms with E-state index in [4.69, 9.17) is 4.52 Å². The number of carbonyl (C=O) groups excluding carboxylic acids is 1. The fourth-order valence-corrected chi connectivity index (χ4v) is 3.62. The second-order valence-corrected chi connectivity index (χ2v) is 6.37. The van der Waals surface area contributed by atoms with Gasteiger partial charge in [0, 0.05) is 12.6 Å². The number of carbonyl (C=O) groups is 1. The van der Waals surface area contributed by atoms with Gasteiger partial charge in [0.15, 0.2) is 5.76 Å². The molecule has 3 atom stereocenters. The van der Waals surface area contributed by atoms with Gasteiger partial charge in [-0.1, -0.05) is 18.5 Å². The van der Waals surface area contributed by atoms with Crippen LogP contribution in [0.2, 0.25) is 0 Å². The maximum absolute atomic E-state index is 12.9. The number of hydrogen-bond donors (Lipinski definition) is 1. The van der Waals surface area contributed by atoms with Gasteiger partial charge in [0.1, 0.15) is 0 Å². The van der Waals surface area contributed by atoms with Crippen LogP contribution in [0.5, 0.6) is 0 Å². The van der Waals surface area contributed by atoms with Crippen molar-refractivity contribution in [2.24, 2.45) is 5.92 Å². The molecule has 0 bridgehead atoms. The van der Waals surface area contributed by atoms with Crippen LogP contribution >= 0.6 is 0 Å². The highest BCUT2D eigenvalue weighted by atomic mass is 16.5. The number of hydrogen-bond acceptors (Lipinski definition) is 4. The Kier molecular flexibility index (Phi) is 4.29. The van der Waals surface area contributed by atoms with Crippen molar-refractivity contribution in [2.45, 2.75) is 58.0 Å². The van der Waals surface area contributed by atoms with E-state index >= 15 is 0 Å². The summed E-state index contributed by atoms with van der Waals surface area (Å²) in [6.45, 7) is 5.92. The monoisotopic (exact) mass is 291 g/mol. The minimum absolute atomic E-state index is 0.0201. The van der Waals surface area contributed by atoms with Crippen molar-refractivity contribution in [3.8, 4) is 0 Å². The van der Waals surface area contributed by atoms with Crippen molar-refractivity contribution in [3.63, 3.8) is 0 Å². The largest absolute Gasteiger partial charge is 0.359 e. The summed E-state index contributed by atoms with van der Waals surface area (Å²) in [7, 11) is 0. The lowest BCUT2D eigenvalue weighted by molar-refractivity contribution is -0.135. The SMILES string of the molecule is CCC1CCNC(C(=O)N2CCCC2c2cc(C)no2)C1. The lowest BCUT2D eigenvalue weighted by atomic mass is 9.89. The second-order valence-electron chi connectivity index (χ2n) is 6.37. The third kappa shape index (κ3) is 2.98. The van der Waals surface area contributed by atoms with Crippen LogP contribution in [0.25, 0.3) is 0 Å². The van der Waals surface area contributed by atoms with Gasteiger partial charge in [-0.25, -0.2) is 0 Å². The molecular weight excluding hydrogens is 266 g/mol. The molecule has 1 aromatic heterocycles. The first-order valence-corrected chi connectivity index (χ1v) is 8.16. The zero-order chi connectivity index (χ0) is 14.8. The molecule has 21 heavy (non-hydrogen) atoms. The maximum atomic E-state index is 12.9. The Balaban J connectivity index is 1.71. The highest BCUT2D eigenvalue weighted by Crippen LogP contribution is 2.33. The van der Waals surface area contributed by atoms with Crippen molar-refractivity contribution in [1.29, 1.82) is 0 Å². The molecule has 2 aliphatic rings. The van der Waals surface area contributed by atoms with Gasteiger partial charge in [-0.15, -0.1) is 0 Å². The zero-order valence-electron chi connectivity index (χ0n) is 13.0. The van der Waals surface area contributed by atoms with Gasteiger partial charge >= 0.3 is 0 Å². The van der Waals surface area contributed by atoms with Gasteiger partial charge in [-0.05, 0) is 45.1 Å². The molecule has 3 heterocycles. The second kappa shape index (κ2) is 6.18. The maximum Gasteiger partial charge on any atom is 0.240 e. The first-order valence-electron chi connectivity index (χ1n) is 8.16. The first-order chi connectivity index (χ1) is 10.2. The molecule has 5 heteroatoms. The number of aromatic nitrogens is 1. The lowest BCUT2D eigenvalue weighted by Gasteiger charge is -2.33. The molecule has 5 nitrogen and oxygen atoms in total. The first kappa shape index (κ1) is 14.6. The number of nitrogens with zero attached hydrogens (tertiary/aromatic N) is 2. The summed E-state index contributed by atoms with van der Waals surface area (Å²) < 4.78 is 5.39. The molecule has 2 saturated heterocycles. The number of likely N-dealkylation sites (tertiary alicyclic amines) is 1. The van der Waals surface area contributed by atoms with Crippen molar-refractivity contribution in [3.05, 3.63) is 17.5 Å². The number of piperidine rings is 1. The van der Waals surface area contributed by atoms with E-state index in [2.05, 4.69) is 17.4 Å². The summed E-state index contributed by atoms with van der Waals surface area (Å²) in [5.41, 5.74) is 0.881. The normalized spacial score (nSPS) is 29.8. The zero-order valence-corrected chi connectivity index (χ0v) is 13.0. The van der Waals surface area contributed by atoms with E-state index in [1.165, 1.54) is 6.42 Å². The van der Waals surface area contributed by atoms with Crippen molar-refractivity contribution >= 4 is 5.91 Å². The number of aryl methyl sites for hydroxylation is 1. The minimum Gasteiger partial charge on any atom is -0.359 e. The van der Waals surface area contributed by atoms with E-state index in [1.807, 2.05) is 17.9 Å². The summed E-state index contributed by atoms with van der Waals surface area (Å²) in [6.07, 6.45) is 5.33. The van der Waals surface area contributed by atoms with E-state index in [1.54, 1.807) is 0 Å². The van der Waals surface area contributed by atoms with Gasteiger partial charge in [-0.2, -0.15) is 0 Å². The average Bonchev–Trinajstić information content (AvgIpc) is 3.15. The van der Waals surface area contributed by atoms with Crippen LogP contribution in [0.4, 0.5) is 0 Å². The van der Waals surface area contributed by atoms with E-state index in [9.17, 15) is 4.79 Å². The van der Waals surface area contributed by atoms with Gasteiger partial charge < -0.3 is 14.7 Å². The van der Waals surface area contributed by atoms with Crippen LogP contribution in [0.1, 0.15) is 56.5 Å². The smallest absolute Gasteiger partial charge is 0.240 e. The average molecular weight is 291 g/mol. The lowest BCUT2D eigenvalue weighted by Crippen LogP contribution is -2.50. The Morgan fingerprint density at radius 3 is 3.10 bits per heavy atom. The van der Waals surface area contributed by atoms with E-state index in [0.717, 1.165) is 50.2 Å². The van der Waals surface area contributed by atoms with Crippen LogP contribution < -0.4 is 5.32 Å². The molecule has 0 spiro atoms. The van der Waals surface area contributed by atoms with Crippen LogP contribution in [0.15, 0.2) is 10.6 Å². The highest BCUT2D eigenvalue weighted by Gasteiger charge is 2.37. The van der Waals surface area contributed by atoms with E-state index in [-0.39, 0.29) is 18.0 Å². The molecule has 3 rings (SSSR count). The molecule has 3 unspecified atom stereocenters. The Morgan fingerprint density at radius 1 is 1.52 bits per heavy atom. The topological polar surface area (TPSA) is 58.4 Å². The van der Waals surface area contributed by atoms with Crippen molar-refractivity contribution in [1.82, 2.24) is 15.4 Å². The molecule has 2 fully saturated rings. The molecule has 116 valence electrons. The summed E-state index contributed by atoms with van der Waals surface area (Å²) in [6, 6.07) is 2.01. The van der Waals surface area contributed by atoms with Crippen LogP contribution in [0.3, 0.4) is 0 Å². The predicted octanol–water partition coefficient (Wildman–Crippen LogP) is 2.42. The molecule has 0 aromatic carbocycles. The summed E-state index contributed by atoms with van der Waals surface area (Å²) in [5.74, 6) is 1.75. The van der Waals surface area contributed by atoms with Gasteiger partial charge in [0.2, 0.25) is 5.91 Å². The molecular formula is C16H25N3O2. The third-order valence-electron chi connectivity index (χ3n) is 4.90. The van der Waals surface area contributed by atoms with Crippen LogP contribution in [0, 0.1) is 12.8 Å². The predicted molar refractivity (Wildman–Crippen MR) is 79.7 cm³/mol. The molecule has 0 radical (unpaired) electrons. The van der Waals surface area contributed by atoms with E-state index in [0.29, 0.717) is 5.92 Å². The Morgan fingerprint density at radius 2 is 2.38 bits per heavy atom. The fourth-order valence-electron chi connectivity index (χ4n) is 3.62. The summed E-state index contributed by atoms with van der Waals surface area (Å²) in [4.78, 5) is 14.8. The number of amides is 1. The molecule has 1 amide bonds. The standard InChI is InChI=1S/C16H25N3O2/c1-3-12-6-7-17-13(10-12)16(20)19-8-4-5-14(19)15-9-11(2)18-21-15/h9,12-14,17H,3-8,10H2,1-2H3. The number of rotatable bonds is 3. The molecule has 0 saturated carbocycles. The summed E-state index contributed by atoms with van der Waals surface area (Å²) in [5, 5.41) is 7.36. The molecule has 1 aromatic rings. The van der Waals surface area contributed by atoms with Crippen molar-refractivity contribution in [2.75, 3.05) is 13.1 Å². The van der Waals surface area contributed by atoms with Crippen molar-refractivity contribution < 1.29 is 9.32 Å². The van der Waals surface area contributed by atoms with Gasteiger partial charge in [-0.3, -0.25) is 4.79 Å². The molecule has 1 N–H and O–H groups in total. The van der Waals surface area contributed by atoms with Crippen LogP contribution in [-0.2, 0) is 4.79 Å². The highest BCUT2D eigenvalue weighted by molar-refractivity contribution is 5.82. The Hall–Kier alpha value is -1.36.